The zero-order valence-electron chi connectivity index (χ0n) is 20.4. The molecule has 0 aliphatic heterocycles. The van der Waals surface area contributed by atoms with E-state index in [-0.39, 0.29) is 23.3 Å². The molecule has 0 saturated carbocycles. The molecule has 0 radical (unpaired) electrons. The third kappa shape index (κ3) is 5.28. The van der Waals surface area contributed by atoms with Gasteiger partial charge in [-0.1, -0.05) is 48.0 Å². The van der Waals surface area contributed by atoms with Crippen LogP contribution in [0.2, 0.25) is 5.02 Å². The molecule has 8 heteroatoms. The minimum absolute atomic E-state index is 0.172. The van der Waals surface area contributed by atoms with E-state index in [4.69, 9.17) is 16.7 Å². The minimum Gasteiger partial charge on any atom is -0.478 e. The largest absolute Gasteiger partial charge is 0.478 e. The molecule has 5 aromatic rings. The topological polar surface area (TPSA) is 84.2 Å². The van der Waals surface area contributed by atoms with E-state index >= 15 is 0 Å². The second-order valence-corrected chi connectivity index (χ2v) is 9.46. The molecule has 0 saturated heterocycles. The minimum atomic E-state index is -1.01. The van der Waals surface area contributed by atoms with Crippen LogP contribution in [0.25, 0.3) is 22.0 Å². The highest BCUT2D eigenvalue weighted by molar-refractivity contribution is 6.30. The summed E-state index contributed by atoms with van der Waals surface area (Å²) in [6.07, 6.45) is 1.71. The van der Waals surface area contributed by atoms with Gasteiger partial charge in [0.15, 0.2) is 0 Å². The Labute approximate surface area is 223 Å². The number of hydrogen-bond donors (Lipinski definition) is 2. The number of aromatic nitrogens is 2. The number of carbonyl (C=O) groups is 2. The van der Waals surface area contributed by atoms with Gasteiger partial charge in [0, 0.05) is 10.4 Å². The summed E-state index contributed by atoms with van der Waals surface area (Å²) in [7, 11) is 0. The molecular formula is C30H23ClFN3O3. The summed E-state index contributed by atoms with van der Waals surface area (Å²) in [6.45, 7) is 2.24. The van der Waals surface area contributed by atoms with Crippen molar-refractivity contribution in [2.45, 2.75) is 19.5 Å². The number of nitrogens with one attached hydrogen (secondary N) is 1. The molecule has 0 fully saturated rings. The molecule has 5 rings (SSSR count). The van der Waals surface area contributed by atoms with E-state index in [1.807, 2.05) is 31.2 Å². The second kappa shape index (κ2) is 10.5. The Kier molecular flexibility index (Phi) is 6.94. The highest BCUT2D eigenvalue weighted by Gasteiger charge is 2.20. The molecule has 0 aliphatic rings. The first-order chi connectivity index (χ1) is 18.3. The lowest BCUT2D eigenvalue weighted by Crippen LogP contribution is -2.27. The SMILES string of the molecule is C[C@H](NC(=O)c1cc(-c2ccc(F)cc2)cc2cnn(Cc3cccc(Cl)c3)c12)c1ccc(C(=O)O)cc1. The Morgan fingerprint density at radius 3 is 2.42 bits per heavy atom. The lowest BCUT2D eigenvalue weighted by molar-refractivity contribution is 0.0696. The van der Waals surface area contributed by atoms with Crippen molar-refractivity contribution in [1.82, 2.24) is 15.1 Å². The maximum Gasteiger partial charge on any atom is 0.335 e. The van der Waals surface area contributed by atoms with Gasteiger partial charge in [0.05, 0.1) is 35.4 Å². The van der Waals surface area contributed by atoms with Gasteiger partial charge in [-0.15, -0.1) is 0 Å². The highest BCUT2D eigenvalue weighted by atomic mass is 35.5. The number of halogens is 2. The van der Waals surface area contributed by atoms with Gasteiger partial charge < -0.3 is 10.4 Å². The Bertz CT molecular complexity index is 1650. The summed E-state index contributed by atoms with van der Waals surface area (Å²) in [4.78, 5) is 24.9. The molecule has 38 heavy (non-hydrogen) atoms. The van der Waals surface area contributed by atoms with E-state index in [9.17, 15) is 14.0 Å². The molecule has 4 aromatic carbocycles. The van der Waals surface area contributed by atoms with E-state index in [0.717, 1.165) is 27.6 Å². The van der Waals surface area contributed by atoms with Gasteiger partial charge in [0.1, 0.15) is 5.82 Å². The van der Waals surface area contributed by atoms with Gasteiger partial charge >= 0.3 is 5.97 Å². The van der Waals surface area contributed by atoms with E-state index in [0.29, 0.717) is 22.6 Å². The number of amides is 1. The lowest BCUT2D eigenvalue weighted by Gasteiger charge is -2.17. The average molecular weight is 528 g/mol. The van der Waals surface area contributed by atoms with Gasteiger partial charge in [-0.25, -0.2) is 9.18 Å². The van der Waals surface area contributed by atoms with Crippen LogP contribution in [0.3, 0.4) is 0 Å². The predicted octanol–water partition coefficient (Wildman–Crippen LogP) is 6.73. The van der Waals surface area contributed by atoms with Crippen molar-refractivity contribution in [1.29, 1.82) is 0 Å². The fourth-order valence-electron chi connectivity index (χ4n) is 4.42. The quantitative estimate of drug-likeness (QED) is 0.246. The Morgan fingerprint density at radius 1 is 1.00 bits per heavy atom. The van der Waals surface area contributed by atoms with E-state index in [1.165, 1.54) is 24.3 Å². The molecule has 6 nitrogen and oxygen atoms in total. The maximum absolute atomic E-state index is 13.7. The van der Waals surface area contributed by atoms with Crippen molar-refractivity contribution >= 4 is 34.4 Å². The molecule has 0 spiro atoms. The fourth-order valence-corrected chi connectivity index (χ4v) is 4.63. The van der Waals surface area contributed by atoms with Crippen LogP contribution in [0.1, 0.15) is 44.8 Å². The number of carboxylic acid groups (broad SMARTS) is 1. The van der Waals surface area contributed by atoms with Crippen LogP contribution in [-0.4, -0.2) is 26.8 Å². The first-order valence-electron chi connectivity index (χ1n) is 11.9. The molecule has 1 atom stereocenters. The zero-order chi connectivity index (χ0) is 26.8. The van der Waals surface area contributed by atoms with Crippen molar-refractivity contribution in [3.05, 3.63) is 124 Å². The van der Waals surface area contributed by atoms with Crippen molar-refractivity contribution < 1.29 is 19.1 Å². The summed E-state index contributed by atoms with van der Waals surface area (Å²) in [6, 6.07) is 23.2. The number of aromatic carboxylic acids is 1. The normalized spacial score (nSPS) is 11.9. The standard InChI is InChI=1S/C30H23ClFN3O3/c1-18(20-5-7-22(8-6-20)30(37)38)34-29(36)27-15-23(21-9-11-26(32)12-10-21)14-24-16-33-35(28(24)27)17-19-3-2-4-25(31)13-19/h2-16,18H,17H2,1H3,(H,34,36)(H,37,38)/t18-/m0/s1. The molecule has 190 valence electrons. The van der Waals surface area contributed by atoms with Gasteiger partial charge in [0.2, 0.25) is 0 Å². The predicted molar refractivity (Wildman–Crippen MR) is 145 cm³/mol. The highest BCUT2D eigenvalue weighted by Crippen LogP contribution is 2.29. The maximum atomic E-state index is 13.7. The number of hydrogen-bond acceptors (Lipinski definition) is 3. The molecule has 2 N–H and O–H groups in total. The van der Waals surface area contributed by atoms with Crippen molar-refractivity contribution in [2.75, 3.05) is 0 Å². The molecule has 0 aliphatic carbocycles. The van der Waals surface area contributed by atoms with Crippen LogP contribution in [-0.2, 0) is 6.54 Å². The summed E-state index contributed by atoms with van der Waals surface area (Å²) in [5.41, 5.74) is 4.46. The molecule has 0 unspecified atom stereocenters. The number of benzene rings is 4. The smallest absolute Gasteiger partial charge is 0.335 e. The fraction of sp³-hybridized carbons (Fsp3) is 0.100. The Hall–Kier alpha value is -4.49. The molecule has 1 amide bonds. The summed E-state index contributed by atoms with van der Waals surface area (Å²) >= 11 is 6.17. The number of nitrogens with zero attached hydrogens (tertiary/aromatic N) is 2. The summed E-state index contributed by atoms with van der Waals surface area (Å²) in [5.74, 6) is -1.67. The van der Waals surface area contributed by atoms with Crippen LogP contribution >= 0.6 is 11.6 Å². The van der Waals surface area contributed by atoms with Gasteiger partial charge in [-0.2, -0.15) is 5.10 Å². The second-order valence-electron chi connectivity index (χ2n) is 9.02. The van der Waals surface area contributed by atoms with Crippen molar-refractivity contribution in [2.24, 2.45) is 0 Å². The van der Waals surface area contributed by atoms with Crippen LogP contribution < -0.4 is 5.32 Å². The summed E-state index contributed by atoms with van der Waals surface area (Å²) < 4.78 is 15.3. The van der Waals surface area contributed by atoms with Crippen LogP contribution in [0.4, 0.5) is 4.39 Å². The van der Waals surface area contributed by atoms with Crippen LogP contribution in [0.5, 0.6) is 0 Å². The van der Waals surface area contributed by atoms with Gasteiger partial charge in [0.25, 0.3) is 5.91 Å². The molecule has 1 aromatic heterocycles. The Morgan fingerprint density at radius 2 is 1.74 bits per heavy atom. The van der Waals surface area contributed by atoms with Crippen LogP contribution in [0, 0.1) is 5.82 Å². The van der Waals surface area contributed by atoms with Gasteiger partial charge in [-0.3, -0.25) is 9.48 Å². The molecule has 1 heterocycles. The number of fused-ring (bicyclic) bond motifs is 1. The monoisotopic (exact) mass is 527 g/mol. The van der Waals surface area contributed by atoms with E-state index < -0.39 is 5.97 Å². The lowest BCUT2D eigenvalue weighted by atomic mass is 9.99. The number of carbonyl (C=O) groups excluding carboxylic acids is 1. The first kappa shape index (κ1) is 25.2. The third-order valence-corrected chi connectivity index (χ3v) is 6.62. The zero-order valence-corrected chi connectivity index (χ0v) is 21.1. The number of carboxylic acids is 1. The van der Waals surface area contributed by atoms with E-state index in [2.05, 4.69) is 10.4 Å². The first-order valence-corrected chi connectivity index (χ1v) is 12.3. The average Bonchev–Trinajstić information content (AvgIpc) is 3.31. The number of rotatable bonds is 7. The van der Waals surface area contributed by atoms with Crippen LogP contribution in [0.15, 0.2) is 91.1 Å². The summed E-state index contributed by atoms with van der Waals surface area (Å²) in [5, 5.41) is 18.1. The molecule has 0 bridgehead atoms. The Balaban J connectivity index is 1.55. The van der Waals surface area contributed by atoms with Gasteiger partial charge in [-0.05, 0) is 77.7 Å². The van der Waals surface area contributed by atoms with Crippen molar-refractivity contribution in [3.63, 3.8) is 0 Å². The van der Waals surface area contributed by atoms with Crippen molar-refractivity contribution in [3.8, 4) is 11.1 Å². The molecular weight excluding hydrogens is 505 g/mol. The third-order valence-electron chi connectivity index (χ3n) is 6.38. The van der Waals surface area contributed by atoms with E-state index in [1.54, 1.807) is 47.3 Å².